The van der Waals surface area contributed by atoms with Crippen LogP contribution in [0.25, 0.3) is 0 Å². The average molecular weight is 291 g/mol. The lowest BCUT2D eigenvalue weighted by molar-refractivity contribution is -0.130. The highest BCUT2D eigenvalue weighted by Crippen LogP contribution is 2.06. The Balaban J connectivity index is 1.82. The molecule has 0 saturated heterocycles. The van der Waals surface area contributed by atoms with E-state index in [0.717, 1.165) is 18.5 Å². The monoisotopic (exact) mass is 290 g/mol. The Morgan fingerprint density at radius 1 is 1.20 bits per heavy atom. The number of carbonyl (C=O) groups is 1. The van der Waals surface area contributed by atoms with Gasteiger partial charge in [0.05, 0.1) is 0 Å². The van der Waals surface area contributed by atoms with Gasteiger partial charge in [-0.1, -0.05) is 30.3 Å². The summed E-state index contributed by atoms with van der Waals surface area (Å²) in [4.78, 5) is 13.9. The molecule has 20 heavy (non-hydrogen) atoms. The summed E-state index contributed by atoms with van der Waals surface area (Å²) < 4.78 is 1.87. The first-order valence-corrected chi connectivity index (χ1v) is 7.21. The van der Waals surface area contributed by atoms with Crippen molar-refractivity contribution in [1.82, 2.24) is 9.47 Å². The van der Waals surface area contributed by atoms with Crippen LogP contribution in [0.3, 0.4) is 0 Å². The van der Waals surface area contributed by atoms with E-state index in [0.29, 0.717) is 12.4 Å². The summed E-state index contributed by atoms with van der Waals surface area (Å²) >= 11 is 5.75. The third-order valence-corrected chi connectivity index (χ3v) is 3.60. The van der Waals surface area contributed by atoms with E-state index in [1.54, 1.807) is 4.90 Å². The minimum atomic E-state index is 0.109. The summed E-state index contributed by atoms with van der Waals surface area (Å²) in [6.45, 7) is 1.09. The molecule has 0 aliphatic heterocycles. The van der Waals surface area contributed by atoms with Gasteiger partial charge in [0, 0.05) is 31.9 Å². The van der Waals surface area contributed by atoms with Gasteiger partial charge in [-0.15, -0.1) is 11.6 Å². The summed E-state index contributed by atoms with van der Waals surface area (Å²) in [5.41, 5.74) is 2.28. The molecule has 1 aromatic heterocycles. The van der Waals surface area contributed by atoms with E-state index in [4.69, 9.17) is 11.6 Å². The van der Waals surface area contributed by atoms with Crippen LogP contribution in [-0.2, 0) is 23.6 Å². The van der Waals surface area contributed by atoms with Crippen molar-refractivity contribution < 1.29 is 4.79 Å². The fraction of sp³-hybridized carbons (Fsp3) is 0.312. The number of hydrogen-bond acceptors (Lipinski definition) is 1. The van der Waals surface area contributed by atoms with E-state index in [-0.39, 0.29) is 5.91 Å². The zero-order valence-corrected chi connectivity index (χ0v) is 12.4. The van der Waals surface area contributed by atoms with Gasteiger partial charge < -0.3 is 9.47 Å². The van der Waals surface area contributed by atoms with Crippen molar-refractivity contribution in [2.24, 2.45) is 0 Å². The SMILES string of the molecule is CN(CCc1ccccc1)C(=O)Cn1ccc(CCl)c1. The molecule has 0 bridgehead atoms. The number of likely N-dealkylation sites (N-methyl/N-ethyl adjacent to an activating group) is 1. The van der Waals surface area contributed by atoms with Gasteiger partial charge in [0.25, 0.3) is 0 Å². The largest absolute Gasteiger partial charge is 0.345 e. The third-order valence-electron chi connectivity index (χ3n) is 3.29. The normalized spacial score (nSPS) is 10.5. The Bertz CT molecular complexity index is 551. The molecule has 2 aromatic rings. The van der Waals surface area contributed by atoms with Crippen molar-refractivity contribution in [3.8, 4) is 0 Å². The lowest BCUT2D eigenvalue weighted by Crippen LogP contribution is -2.31. The molecule has 106 valence electrons. The molecule has 0 radical (unpaired) electrons. The molecule has 0 unspecified atom stereocenters. The number of carbonyl (C=O) groups excluding carboxylic acids is 1. The molecule has 4 heteroatoms. The van der Waals surface area contributed by atoms with Crippen LogP contribution < -0.4 is 0 Å². The number of amides is 1. The number of halogens is 1. The second kappa shape index (κ2) is 7.15. The van der Waals surface area contributed by atoms with Gasteiger partial charge in [0.2, 0.25) is 5.91 Å². The summed E-state index contributed by atoms with van der Waals surface area (Å²) in [6.07, 6.45) is 4.68. The van der Waals surface area contributed by atoms with Crippen molar-refractivity contribution in [3.63, 3.8) is 0 Å². The maximum absolute atomic E-state index is 12.1. The van der Waals surface area contributed by atoms with Crippen LogP contribution in [-0.4, -0.2) is 29.0 Å². The van der Waals surface area contributed by atoms with Crippen molar-refractivity contribution in [1.29, 1.82) is 0 Å². The Hall–Kier alpha value is -1.74. The van der Waals surface area contributed by atoms with Crippen molar-refractivity contribution in [2.45, 2.75) is 18.8 Å². The second-order valence-corrected chi connectivity index (χ2v) is 5.14. The molecule has 0 aliphatic rings. The highest BCUT2D eigenvalue weighted by Gasteiger charge is 2.09. The molecule has 3 nitrogen and oxygen atoms in total. The average Bonchev–Trinajstić information content (AvgIpc) is 2.93. The Morgan fingerprint density at radius 3 is 2.60 bits per heavy atom. The quantitative estimate of drug-likeness (QED) is 0.751. The van der Waals surface area contributed by atoms with Gasteiger partial charge in [-0.25, -0.2) is 0 Å². The summed E-state index contributed by atoms with van der Waals surface area (Å²) in [7, 11) is 1.84. The molecule has 0 N–H and O–H groups in total. The highest BCUT2D eigenvalue weighted by molar-refractivity contribution is 6.17. The second-order valence-electron chi connectivity index (χ2n) is 4.88. The molecule has 0 aliphatic carbocycles. The number of hydrogen-bond donors (Lipinski definition) is 0. The molecule has 0 saturated carbocycles. The van der Waals surface area contributed by atoms with Gasteiger partial charge in [-0.2, -0.15) is 0 Å². The van der Waals surface area contributed by atoms with Crippen LogP contribution in [0.5, 0.6) is 0 Å². The molecule has 1 aromatic carbocycles. The first kappa shape index (κ1) is 14.7. The summed E-state index contributed by atoms with van der Waals surface area (Å²) in [6, 6.07) is 12.1. The van der Waals surface area contributed by atoms with Gasteiger partial charge in [-0.05, 0) is 23.6 Å². The van der Waals surface area contributed by atoms with Crippen molar-refractivity contribution >= 4 is 17.5 Å². The standard InChI is InChI=1S/C16H19ClN2O/c1-18(9-7-14-5-3-2-4-6-14)16(20)13-19-10-8-15(11-17)12-19/h2-6,8,10,12H,7,9,11,13H2,1H3. The highest BCUT2D eigenvalue weighted by atomic mass is 35.5. The number of benzene rings is 1. The molecule has 1 amide bonds. The predicted molar refractivity (Wildman–Crippen MR) is 81.8 cm³/mol. The van der Waals surface area contributed by atoms with E-state index >= 15 is 0 Å². The molecule has 0 spiro atoms. The molecule has 0 fully saturated rings. The van der Waals surface area contributed by atoms with E-state index < -0.39 is 0 Å². The number of rotatable bonds is 6. The fourth-order valence-electron chi connectivity index (χ4n) is 2.01. The molecular formula is C16H19ClN2O. The topological polar surface area (TPSA) is 25.2 Å². The van der Waals surface area contributed by atoms with Crippen LogP contribution >= 0.6 is 11.6 Å². The van der Waals surface area contributed by atoms with Crippen LogP contribution in [0.1, 0.15) is 11.1 Å². The zero-order valence-electron chi connectivity index (χ0n) is 11.6. The summed E-state index contributed by atoms with van der Waals surface area (Å²) in [5.74, 6) is 0.586. The maximum Gasteiger partial charge on any atom is 0.242 e. The van der Waals surface area contributed by atoms with Gasteiger partial charge in [-0.3, -0.25) is 4.79 Å². The van der Waals surface area contributed by atoms with Gasteiger partial charge in [0.1, 0.15) is 6.54 Å². The first-order chi connectivity index (χ1) is 9.69. The van der Waals surface area contributed by atoms with E-state index in [9.17, 15) is 4.79 Å². The Kier molecular flexibility index (Phi) is 5.24. The van der Waals surface area contributed by atoms with Crippen LogP contribution in [0.4, 0.5) is 0 Å². The maximum atomic E-state index is 12.1. The molecular weight excluding hydrogens is 272 g/mol. The van der Waals surface area contributed by atoms with Gasteiger partial charge >= 0.3 is 0 Å². The van der Waals surface area contributed by atoms with E-state index in [1.165, 1.54) is 5.56 Å². The Labute approximate surface area is 124 Å². The van der Waals surface area contributed by atoms with E-state index in [2.05, 4.69) is 12.1 Å². The van der Waals surface area contributed by atoms with Crippen molar-refractivity contribution in [3.05, 3.63) is 59.9 Å². The smallest absolute Gasteiger partial charge is 0.242 e. The van der Waals surface area contributed by atoms with Crippen LogP contribution in [0.15, 0.2) is 48.8 Å². The van der Waals surface area contributed by atoms with Crippen LogP contribution in [0.2, 0.25) is 0 Å². The number of alkyl halides is 1. The van der Waals surface area contributed by atoms with Crippen molar-refractivity contribution in [2.75, 3.05) is 13.6 Å². The fourth-order valence-corrected chi connectivity index (χ4v) is 2.17. The lowest BCUT2D eigenvalue weighted by atomic mass is 10.1. The van der Waals surface area contributed by atoms with E-state index in [1.807, 2.05) is 48.3 Å². The predicted octanol–water partition coefficient (Wildman–Crippen LogP) is 2.93. The minimum absolute atomic E-state index is 0.109. The lowest BCUT2D eigenvalue weighted by Gasteiger charge is -2.17. The minimum Gasteiger partial charge on any atom is -0.345 e. The number of nitrogens with zero attached hydrogens (tertiary/aromatic N) is 2. The van der Waals surface area contributed by atoms with Gasteiger partial charge in [0.15, 0.2) is 0 Å². The molecule has 0 atom stereocenters. The first-order valence-electron chi connectivity index (χ1n) is 6.67. The molecule has 1 heterocycles. The number of aromatic nitrogens is 1. The molecule has 2 rings (SSSR count). The van der Waals surface area contributed by atoms with Crippen LogP contribution in [0, 0.1) is 0 Å². The third kappa shape index (κ3) is 4.14. The Morgan fingerprint density at radius 2 is 1.95 bits per heavy atom. The zero-order chi connectivity index (χ0) is 14.4. The summed E-state index contributed by atoms with van der Waals surface area (Å²) in [5, 5.41) is 0.